The molecular weight excluding hydrogens is 240 g/mol. The fraction of sp³-hybridized carbons (Fsp3) is 0.857. The van der Waals surface area contributed by atoms with Crippen LogP contribution >= 0.6 is 0 Å². The number of likely N-dealkylation sites (tertiary alicyclic amines) is 1. The number of aryl methyl sites for hydroxylation is 1. The maximum absolute atomic E-state index is 6.13. The number of hydrogen-bond acceptors (Lipinski definition) is 5. The van der Waals surface area contributed by atoms with E-state index in [1.165, 1.54) is 0 Å². The summed E-state index contributed by atoms with van der Waals surface area (Å²) < 4.78 is 5.33. The van der Waals surface area contributed by atoms with Crippen LogP contribution in [0.2, 0.25) is 0 Å². The first-order chi connectivity index (χ1) is 9.22. The number of rotatable bonds is 6. The highest BCUT2D eigenvalue weighted by Crippen LogP contribution is 2.20. The first kappa shape index (κ1) is 14.5. The van der Waals surface area contributed by atoms with Crippen molar-refractivity contribution in [2.24, 2.45) is 11.7 Å². The zero-order chi connectivity index (χ0) is 13.7. The summed E-state index contributed by atoms with van der Waals surface area (Å²) in [6.45, 7) is 7.23. The van der Waals surface area contributed by atoms with Gasteiger partial charge in [0, 0.05) is 25.6 Å². The Morgan fingerprint density at radius 1 is 1.42 bits per heavy atom. The summed E-state index contributed by atoms with van der Waals surface area (Å²) in [6, 6.07) is 0.351. The molecule has 0 amide bonds. The van der Waals surface area contributed by atoms with Crippen LogP contribution in [0.1, 0.15) is 51.2 Å². The summed E-state index contributed by atoms with van der Waals surface area (Å²) in [6.07, 6.45) is 5.41. The minimum absolute atomic E-state index is 0.351. The summed E-state index contributed by atoms with van der Waals surface area (Å²) in [4.78, 5) is 6.84. The lowest BCUT2D eigenvalue weighted by atomic mass is 9.91. The molecule has 1 aliphatic heterocycles. The number of unbranched alkanes of at least 4 members (excludes halogenated alkanes) is 1. The molecule has 1 aliphatic rings. The van der Waals surface area contributed by atoms with Gasteiger partial charge in [0.25, 0.3) is 0 Å². The molecule has 2 unspecified atom stereocenters. The lowest BCUT2D eigenvalue weighted by Crippen LogP contribution is -2.46. The van der Waals surface area contributed by atoms with Gasteiger partial charge < -0.3 is 10.3 Å². The average molecular weight is 266 g/mol. The van der Waals surface area contributed by atoms with E-state index in [1.54, 1.807) is 0 Å². The fourth-order valence-corrected chi connectivity index (χ4v) is 2.68. The molecule has 2 N–H and O–H groups in total. The maximum Gasteiger partial charge on any atom is 0.240 e. The molecule has 2 atom stereocenters. The third kappa shape index (κ3) is 4.01. The molecular formula is C14H26N4O. The highest BCUT2D eigenvalue weighted by molar-refractivity contribution is 4.89. The molecule has 19 heavy (non-hydrogen) atoms. The van der Waals surface area contributed by atoms with Gasteiger partial charge in [-0.25, -0.2) is 0 Å². The third-order valence-electron chi connectivity index (χ3n) is 4.02. The molecule has 2 heterocycles. The molecule has 1 aromatic rings. The predicted octanol–water partition coefficient (Wildman–Crippen LogP) is 1.97. The van der Waals surface area contributed by atoms with Crippen molar-refractivity contribution in [2.75, 3.05) is 13.1 Å². The molecule has 5 nitrogen and oxygen atoms in total. The molecule has 0 radical (unpaired) electrons. The van der Waals surface area contributed by atoms with E-state index in [0.29, 0.717) is 12.0 Å². The van der Waals surface area contributed by atoms with Gasteiger partial charge in [-0.15, -0.1) is 0 Å². The largest absolute Gasteiger partial charge is 0.338 e. The van der Waals surface area contributed by atoms with E-state index in [1.807, 2.05) is 0 Å². The highest BCUT2D eigenvalue weighted by Gasteiger charge is 2.26. The number of piperidine rings is 1. The normalized spacial score (nSPS) is 24.8. The SMILES string of the molecule is CCCCc1noc(CN2CCC(N)C(CC)C2)n1. The Bertz CT molecular complexity index is 379. The second-order valence-electron chi connectivity index (χ2n) is 5.56. The molecule has 0 aromatic carbocycles. The summed E-state index contributed by atoms with van der Waals surface area (Å²) in [7, 11) is 0. The van der Waals surface area contributed by atoms with Gasteiger partial charge in [-0.2, -0.15) is 4.98 Å². The minimum Gasteiger partial charge on any atom is -0.338 e. The van der Waals surface area contributed by atoms with Gasteiger partial charge in [0.1, 0.15) is 0 Å². The Labute approximate surface area is 115 Å². The lowest BCUT2D eigenvalue weighted by Gasteiger charge is -2.35. The van der Waals surface area contributed by atoms with Crippen LogP contribution in [0, 0.1) is 5.92 Å². The van der Waals surface area contributed by atoms with Crippen molar-refractivity contribution in [2.45, 2.75) is 58.5 Å². The zero-order valence-electron chi connectivity index (χ0n) is 12.1. The second-order valence-corrected chi connectivity index (χ2v) is 5.56. The molecule has 2 rings (SSSR count). The summed E-state index contributed by atoms with van der Waals surface area (Å²) in [5.74, 6) is 2.19. The minimum atomic E-state index is 0.351. The van der Waals surface area contributed by atoms with E-state index in [0.717, 1.165) is 63.5 Å². The fourth-order valence-electron chi connectivity index (χ4n) is 2.68. The van der Waals surface area contributed by atoms with Crippen LogP contribution in [0.5, 0.6) is 0 Å². The molecule has 0 spiro atoms. The topological polar surface area (TPSA) is 68.2 Å². The van der Waals surface area contributed by atoms with Gasteiger partial charge >= 0.3 is 0 Å². The van der Waals surface area contributed by atoms with Gasteiger partial charge in [-0.3, -0.25) is 4.90 Å². The van der Waals surface area contributed by atoms with Crippen molar-refractivity contribution in [1.82, 2.24) is 15.0 Å². The number of nitrogens with two attached hydrogens (primary N) is 1. The van der Waals surface area contributed by atoms with Crippen LogP contribution in [0.4, 0.5) is 0 Å². The van der Waals surface area contributed by atoms with Crippen molar-refractivity contribution in [3.63, 3.8) is 0 Å². The van der Waals surface area contributed by atoms with E-state index in [2.05, 4.69) is 28.9 Å². The van der Waals surface area contributed by atoms with Crippen molar-refractivity contribution >= 4 is 0 Å². The zero-order valence-corrected chi connectivity index (χ0v) is 12.1. The van der Waals surface area contributed by atoms with Crippen LogP contribution in [-0.4, -0.2) is 34.2 Å². The van der Waals surface area contributed by atoms with Gasteiger partial charge in [-0.1, -0.05) is 31.8 Å². The third-order valence-corrected chi connectivity index (χ3v) is 4.02. The highest BCUT2D eigenvalue weighted by atomic mass is 16.5. The molecule has 1 aromatic heterocycles. The van der Waals surface area contributed by atoms with E-state index in [-0.39, 0.29) is 0 Å². The van der Waals surface area contributed by atoms with E-state index < -0.39 is 0 Å². The molecule has 5 heteroatoms. The predicted molar refractivity (Wildman–Crippen MR) is 74.6 cm³/mol. The smallest absolute Gasteiger partial charge is 0.240 e. The van der Waals surface area contributed by atoms with Crippen molar-refractivity contribution in [3.8, 4) is 0 Å². The van der Waals surface area contributed by atoms with Gasteiger partial charge in [-0.05, 0) is 18.8 Å². The number of aromatic nitrogens is 2. The van der Waals surface area contributed by atoms with Gasteiger partial charge in [0.15, 0.2) is 5.82 Å². The molecule has 1 saturated heterocycles. The Kier molecular flexibility index (Phi) is 5.34. The molecule has 1 fully saturated rings. The Hall–Kier alpha value is -0.940. The Morgan fingerprint density at radius 2 is 2.26 bits per heavy atom. The van der Waals surface area contributed by atoms with Crippen molar-refractivity contribution in [3.05, 3.63) is 11.7 Å². The average Bonchev–Trinajstić information content (AvgIpc) is 2.86. The van der Waals surface area contributed by atoms with Crippen LogP contribution in [0.15, 0.2) is 4.52 Å². The summed E-state index contributed by atoms with van der Waals surface area (Å²) in [5, 5.41) is 4.04. The molecule has 108 valence electrons. The molecule has 0 aliphatic carbocycles. The van der Waals surface area contributed by atoms with Crippen molar-refractivity contribution < 1.29 is 4.52 Å². The first-order valence-corrected chi connectivity index (χ1v) is 7.52. The van der Waals surface area contributed by atoms with E-state index in [4.69, 9.17) is 10.3 Å². The number of nitrogens with zero attached hydrogens (tertiary/aromatic N) is 3. The number of hydrogen-bond donors (Lipinski definition) is 1. The van der Waals surface area contributed by atoms with E-state index >= 15 is 0 Å². The van der Waals surface area contributed by atoms with Crippen LogP contribution < -0.4 is 5.73 Å². The molecule has 0 bridgehead atoms. The van der Waals surface area contributed by atoms with Gasteiger partial charge in [0.2, 0.25) is 5.89 Å². The Balaban J connectivity index is 1.85. The first-order valence-electron chi connectivity index (χ1n) is 7.52. The quantitative estimate of drug-likeness (QED) is 0.852. The monoisotopic (exact) mass is 266 g/mol. The van der Waals surface area contributed by atoms with Crippen LogP contribution in [-0.2, 0) is 13.0 Å². The van der Waals surface area contributed by atoms with Crippen molar-refractivity contribution in [1.29, 1.82) is 0 Å². The van der Waals surface area contributed by atoms with Crippen LogP contribution in [0.25, 0.3) is 0 Å². The standard InChI is InChI=1S/C14H26N4O/c1-3-5-6-13-16-14(19-17-13)10-18-8-7-12(15)11(4-2)9-18/h11-12H,3-10,15H2,1-2H3. The van der Waals surface area contributed by atoms with Gasteiger partial charge in [0.05, 0.1) is 6.54 Å². The summed E-state index contributed by atoms with van der Waals surface area (Å²) in [5.41, 5.74) is 6.13. The van der Waals surface area contributed by atoms with Crippen LogP contribution in [0.3, 0.4) is 0 Å². The second kappa shape index (κ2) is 7.01. The lowest BCUT2D eigenvalue weighted by molar-refractivity contribution is 0.131. The Morgan fingerprint density at radius 3 is 3.00 bits per heavy atom. The maximum atomic E-state index is 6.13. The summed E-state index contributed by atoms with van der Waals surface area (Å²) >= 11 is 0. The van der Waals surface area contributed by atoms with E-state index in [9.17, 15) is 0 Å². The molecule has 0 saturated carbocycles.